The molecule has 0 radical (unpaired) electrons. The van der Waals surface area contributed by atoms with Gasteiger partial charge >= 0.3 is 6.09 Å². The fraction of sp³-hybridized carbons (Fsp3) is 0.480. The van der Waals surface area contributed by atoms with Gasteiger partial charge in [-0.05, 0) is 74.7 Å². The summed E-state index contributed by atoms with van der Waals surface area (Å²) >= 11 is 3.38. The first-order chi connectivity index (χ1) is 17.2. The van der Waals surface area contributed by atoms with Crippen molar-refractivity contribution >= 4 is 51.2 Å². The first kappa shape index (κ1) is 29.8. The molecule has 1 heterocycles. The fourth-order valence-electron chi connectivity index (χ4n) is 3.10. The lowest BCUT2D eigenvalue weighted by Crippen LogP contribution is -2.41. The summed E-state index contributed by atoms with van der Waals surface area (Å²) in [5.41, 5.74) is 6.55. The summed E-state index contributed by atoms with van der Waals surface area (Å²) in [4.78, 5) is 48.3. The third-order valence-corrected chi connectivity index (χ3v) is 5.72. The number of benzene rings is 1. The van der Waals surface area contributed by atoms with Crippen molar-refractivity contribution in [1.82, 2.24) is 20.2 Å². The van der Waals surface area contributed by atoms with Gasteiger partial charge in [0.05, 0.1) is 0 Å². The smallest absolute Gasteiger partial charge is 0.410 e. The number of ether oxygens (including phenoxy) is 1. The Labute approximate surface area is 226 Å². The van der Waals surface area contributed by atoms with E-state index >= 15 is 0 Å². The Morgan fingerprint density at radius 2 is 1.84 bits per heavy atom. The number of hydrogen-bond acceptors (Lipinski definition) is 8. The zero-order valence-electron chi connectivity index (χ0n) is 22.4. The number of carbonyl (C=O) groups is 3. The Morgan fingerprint density at radius 1 is 1.16 bits per heavy atom. The minimum Gasteiger partial charge on any atom is -0.444 e. The van der Waals surface area contributed by atoms with Crippen molar-refractivity contribution in [3.05, 3.63) is 40.1 Å². The van der Waals surface area contributed by atoms with E-state index in [2.05, 4.69) is 36.5 Å². The maximum absolute atomic E-state index is 12.2. The molecule has 0 fully saturated rings. The monoisotopic (exact) mass is 577 g/mol. The topological polar surface area (TPSA) is 143 Å². The largest absolute Gasteiger partial charge is 0.444 e. The third kappa shape index (κ3) is 9.19. The first-order valence-electron chi connectivity index (χ1n) is 11.8. The predicted molar refractivity (Wildman–Crippen MR) is 147 cm³/mol. The molecule has 1 aromatic carbocycles. The van der Waals surface area contributed by atoms with Crippen LogP contribution in [0, 0.1) is 0 Å². The first-order valence-corrected chi connectivity index (χ1v) is 12.6. The van der Waals surface area contributed by atoms with Crippen LogP contribution in [0.1, 0.15) is 50.7 Å². The van der Waals surface area contributed by atoms with Crippen molar-refractivity contribution in [3.8, 4) is 0 Å². The summed E-state index contributed by atoms with van der Waals surface area (Å²) in [6, 6.07) is 7.65. The minimum absolute atomic E-state index is 0.0135. The number of aromatic nitrogens is 2. The van der Waals surface area contributed by atoms with Crippen molar-refractivity contribution in [2.24, 2.45) is 5.73 Å². The fourth-order valence-corrected chi connectivity index (χ4v) is 3.64. The van der Waals surface area contributed by atoms with Gasteiger partial charge in [-0.15, -0.1) is 0 Å². The van der Waals surface area contributed by atoms with E-state index in [0.717, 1.165) is 5.56 Å². The lowest BCUT2D eigenvalue weighted by molar-refractivity contribution is -0.121. The van der Waals surface area contributed by atoms with E-state index in [9.17, 15) is 14.4 Å². The van der Waals surface area contributed by atoms with Crippen LogP contribution in [-0.4, -0.2) is 71.6 Å². The molecule has 0 aliphatic heterocycles. The highest BCUT2D eigenvalue weighted by Gasteiger charge is 2.22. The summed E-state index contributed by atoms with van der Waals surface area (Å²) in [6.45, 7) is 9.59. The van der Waals surface area contributed by atoms with Crippen molar-refractivity contribution in [1.29, 1.82) is 0 Å². The van der Waals surface area contributed by atoms with Gasteiger partial charge in [0.15, 0.2) is 17.3 Å². The lowest BCUT2D eigenvalue weighted by Gasteiger charge is -2.24. The molecule has 12 heteroatoms. The molecule has 37 heavy (non-hydrogen) atoms. The number of likely N-dealkylation sites (N-methyl/N-ethyl adjacent to an activating group) is 1. The Bertz CT molecular complexity index is 1130. The molecule has 3 amide bonds. The Morgan fingerprint density at radius 3 is 2.43 bits per heavy atom. The summed E-state index contributed by atoms with van der Waals surface area (Å²) in [5, 5.41) is 5.95. The molecule has 0 unspecified atom stereocenters. The lowest BCUT2D eigenvalue weighted by atomic mass is 10.1. The molecule has 0 bridgehead atoms. The molecule has 0 atom stereocenters. The number of halogens is 1. The number of nitrogens with one attached hydrogen (secondary N) is 2. The van der Waals surface area contributed by atoms with Gasteiger partial charge in [0.25, 0.3) is 5.91 Å². The molecule has 2 rings (SSSR count). The normalized spacial score (nSPS) is 11.2. The van der Waals surface area contributed by atoms with Crippen LogP contribution in [0.15, 0.2) is 28.9 Å². The van der Waals surface area contributed by atoms with Gasteiger partial charge < -0.3 is 30.9 Å². The van der Waals surface area contributed by atoms with Crippen LogP contribution in [0.5, 0.6) is 0 Å². The number of primary amides is 1. The van der Waals surface area contributed by atoms with Gasteiger partial charge in [-0.2, -0.15) is 0 Å². The maximum Gasteiger partial charge on any atom is 0.410 e. The molecule has 0 saturated carbocycles. The van der Waals surface area contributed by atoms with E-state index < -0.39 is 17.6 Å². The average Bonchev–Trinajstić information content (AvgIpc) is 2.78. The number of anilines is 3. The van der Waals surface area contributed by atoms with Gasteiger partial charge in [-0.1, -0.05) is 12.1 Å². The molecule has 2 aromatic rings. The van der Waals surface area contributed by atoms with E-state index in [1.807, 2.05) is 50.1 Å². The molecule has 11 nitrogen and oxygen atoms in total. The highest BCUT2D eigenvalue weighted by atomic mass is 79.9. The molecule has 4 N–H and O–H groups in total. The minimum atomic E-state index is -0.704. The van der Waals surface area contributed by atoms with Crippen LogP contribution in [0.4, 0.5) is 22.1 Å². The highest BCUT2D eigenvalue weighted by molar-refractivity contribution is 9.10. The van der Waals surface area contributed by atoms with Crippen LogP contribution in [0.3, 0.4) is 0 Å². The summed E-state index contributed by atoms with van der Waals surface area (Å²) < 4.78 is 5.68. The number of rotatable bonds is 10. The standard InChI is InChI=1S/C25H36BrN7O4/c1-15(2)33(7)23-20(26)30-19(21(27)35)22(31-23)29-17-10-8-9-16(13-17)11-12-28-18(34)14-32(6)24(36)37-25(3,4)5/h8-10,13,15H,11-12,14H2,1-7H3,(H2,27,35)(H,28,34)(H,29,31). The van der Waals surface area contributed by atoms with Gasteiger partial charge in [-0.3, -0.25) is 9.59 Å². The second-order valence-corrected chi connectivity index (χ2v) is 10.6. The van der Waals surface area contributed by atoms with Crippen molar-refractivity contribution in [3.63, 3.8) is 0 Å². The molecule has 0 saturated heterocycles. The van der Waals surface area contributed by atoms with E-state index in [1.54, 1.807) is 20.8 Å². The van der Waals surface area contributed by atoms with Crippen LogP contribution < -0.4 is 21.3 Å². The van der Waals surface area contributed by atoms with Crippen molar-refractivity contribution in [2.75, 3.05) is 37.4 Å². The van der Waals surface area contributed by atoms with Crippen LogP contribution in [0.25, 0.3) is 0 Å². The van der Waals surface area contributed by atoms with Gasteiger partial charge in [0, 0.05) is 32.4 Å². The van der Waals surface area contributed by atoms with E-state index in [0.29, 0.717) is 29.1 Å². The van der Waals surface area contributed by atoms with Gasteiger partial charge in [0.1, 0.15) is 16.7 Å². The summed E-state index contributed by atoms with van der Waals surface area (Å²) in [7, 11) is 3.39. The van der Waals surface area contributed by atoms with Crippen LogP contribution in [-0.2, 0) is 16.0 Å². The summed E-state index contributed by atoms with van der Waals surface area (Å²) in [5.74, 6) is -0.183. The molecule has 0 aliphatic rings. The van der Waals surface area contributed by atoms with Crippen LogP contribution >= 0.6 is 15.9 Å². The average molecular weight is 579 g/mol. The maximum atomic E-state index is 12.2. The number of carbonyl (C=O) groups excluding carboxylic acids is 3. The Hall–Kier alpha value is -3.41. The third-order valence-electron chi connectivity index (χ3n) is 5.19. The molecular formula is C25H36BrN7O4. The number of amides is 3. The number of nitrogens with zero attached hydrogens (tertiary/aromatic N) is 4. The van der Waals surface area contributed by atoms with Gasteiger partial charge in [0.2, 0.25) is 5.91 Å². The number of hydrogen-bond donors (Lipinski definition) is 3. The van der Waals surface area contributed by atoms with Gasteiger partial charge in [-0.25, -0.2) is 14.8 Å². The van der Waals surface area contributed by atoms with E-state index in [4.69, 9.17) is 10.5 Å². The zero-order valence-corrected chi connectivity index (χ0v) is 24.0. The van der Waals surface area contributed by atoms with E-state index in [-0.39, 0.29) is 30.0 Å². The highest BCUT2D eigenvalue weighted by Crippen LogP contribution is 2.28. The second-order valence-electron chi connectivity index (χ2n) is 9.87. The molecule has 202 valence electrons. The van der Waals surface area contributed by atoms with Crippen molar-refractivity contribution < 1.29 is 19.1 Å². The SMILES string of the molecule is CC(C)N(C)c1nc(Nc2cccc(CCNC(=O)CN(C)C(=O)OC(C)(C)C)c2)c(C(N)=O)nc1Br. The molecule has 0 spiro atoms. The predicted octanol–water partition coefficient (Wildman–Crippen LogP) is 3.45. The zero-order chi connectivity index (χ0) is 27.9. The molecular weight excluding hydrogens is 542 g/mol. The Kier molecular flexibility index (Phi) is 10.2. The van der Waals surface area contributed by atoms with E-state index in [1.165, 1.54) is 11.9 Å². The molecule has 0 aliphatic carbocycles. The Balaban J connectivity index is 2.05. The quantitative estimate of drug-likeness (QED) is 0.389. The second kappa shape index (κ2) is 12.7. The van der Waals surface area contributed by atoms with Crippen molar-refractivity contribution in [2.45, 2.75) is 52.7 Å². The molecule has 1 aromatic heterocycles. The van der Waals surface area contributed by atoms with Crippen LogP contribution in [0.2, 0.25) is 0 Å². The number of nitrogens with two attached hydrogens (primary N) is 1. The summed E-state index contributed by atoms with van der Waals surface area (Å²) in [6.07, 6.45) is -0.0106.